The molecule has 0 N–H and O–H groups in total. The second-order valence-corrected chi connectivity index (χ2v) is 2.64. The number of nitrogens with zero attached hydrogens (tertiary/aromatic N) is 4. The highest BCUT2D eigenvalue weighted by Gasteiger charge is 2.20. The maximum atomic E-state index is 11.2. The lowest BCUT2D eigenvalue weighted by Gasteiger charge is -2.01. The van der Waals surface area contributed by atoms with Gasteiger partial charge in [-0.05, 0) is 17.7 Å². The highest BCUT2D eigenvalue weighted by Crippen LogP contribution is 2.25. The van der Waals surface area contributed by atoms with Crippen molar-refractivity contribution >= 4 is 17.3 Å². The number of benzene rings is 1. The molecule has 0 aliphatic carbocycles. The number of hydrogen-bond donors (Lipinski definition) is 0. The molecule has 8 nitrogen and oxygen atoms in total. The Balaban J connectivity index is 3.37. The fourth-order valence-corrected chi connectivity index (χ4v) is 1.07. The zero-order valence-corrected chi connectivity index (χ0v) is 8.15. The van der Waals surface area contributed by atoms with Crippen LogP contribution in [0, 0.1) is 10.1 Å². The summed E-state index contributed by atoms with van der Waals surface area (Å²) in [4.78, 5) is 23.6. The fraction of sp³-hybridized carbons (Fsp3) is 0.125. The van der Waals surface area contributed by atoms with Gasteiger partial charge in [0.25, 0.3) is 5.69 Å². The minimum Gasteiger partial charge on any atom is -0.465 e. The van der Waals surface area contributed by atoms with E-state index in [1.165, 1.54) is 6.07 Å². The van der Waals surface area contributed by atoms with Crippen LogP contribution < -0.4 is 0 Å². The summed E-state index contributed by atoms with van der Waals surface area (Å²) in [6.45, 7) is 0. The molecule has 1 rings (SSSR count). The Hall–Kier alpha value is -2.60. The van der Waals surface area contributed by atoms with Crippen LogP contribution in [0.5, 0.6) is 0 Å². The lowest BCUT2D eigenvalue weighted by atomic mass is 10.1. The van der Waals surface area contributed by atoms with Gasteiger partial charge in [-0.3, -0.25) is 10.1 Å². The highest BCUT2D eigenvalue weighted by atomic mass is 16.6. The highest BCUT2D eigenvalue weighted by molar-refractivity contribution is 5.94. The van der Waals surface area contributed by atoms with Crippen molar-refractivity contribution in [2.45, 2.75) is 0 Å². The molecule has 0 saturated carbocycles. The van der Waals surface area contributed by atoms with E-state index in [9.17, 15) is 14.9 Å². The van der Waals surface area contributed by atoms with Crippen LogP contribution in [0.2, 0.25) is 0 Å². The number of ether oxygens (including phenoxy) is 1. The van der Waals surface area contributed by atoms with Crippen LogP contribution in [-0.2, 0) is 4.74 Å². The van der Waals surface area contributed by atoms with E-state index in [-0.39, 0.29) is 11.3 Å². The van der Waals surface area contributed by atoms with Gasteiger partial charge in [0.2, 0.25) is 0 Å². The molecule has 0 fully saturated rings. The van der Waals surface area contributed by atoms with Crippen LogP contribution in [-0.4, -0.2) is 18.0 Å². The number of nitro groups is 1. The number of esters is 1. The van der Waals surface area contributed by atoms with Gasteiger partial charge in [0.05, 0.1) is 12.0 Å². The van der Waals surface area contributed by atoms with Crippen molar-refractivity contribution in [1.82, 2.24) is 0 Å². The van der Waals surface area contributed by atoms with Crippen LogP contribution in [0.25, 0.3) is 10.4 Å². The summed E-state index contributed by atoms with van der Waals surface area (Å²) < 4.78 is 4.38. The van der Waals surface area contributed by atoms with E-state index in [1.807, 2.05) is 0 Å². The molecule has 0 aromatic heterocycles. The zero-order valence-electron chi connectivity index (χ0n) is 8.15. The van der Waals surface area contributed by atoms with Gasteiger partial charge in [0.15, 0.2) is 0 Å². The molecular weight excluding hydrogens is 216 g/mol. The maximum Gasteiger partial charge on any atom is 0.344 e. The predicted octanol–water partition coefficient (Wildman–Crippen LogP) is 2.32. The van der Waals surface area contributed by atoms with Gasteiger partial charge < -0.3 is 4.74 Å². The summed E-state index contributed by atoms with van der Waals surface area (Å²) in [5.74, 6) is -0.860. The molecule has 16 heavy (non-hydrogen) atoms. The molecule has 0 aliphatic heterocycles. The first kappa shape index (κ1) is 11.5. The molecule has 0 amide bonds. The Bertz CT molecular complexity index is 493. The van der Waals surface area contributed by atoms with Crippen LogP contribution in [0.15, 0.2) is 23.3 Å². The van der Waals surface area contributed by atoms with Gasteiger partial charge in [-0.1, -0.05) is 5.11 Å². The van der Waals surface area contributed by atoms with E-state index in [0.29, 0.717) is 0 Å². The maximum absolute atomic E-state index is 11.2. The third-order valence-electron chi connectivity index (χ3n) is 1.74. The van der Waals surface area contributed by atoms with E-state index < -0.39 is 16.6 Å². The van der Waals surface area contributed by atoms with E-state index in [2.05, 4.69) is 14.8 Å². The molecule has 0 radical (unpaired) electrons. The van der Waals surface area contributed by atoms with Gasteiger partial charge in [0, 0.05) is 16.7 Å². The van der Waals surface area contributed by atoms with Crippen molar-refractivity contribution in [1.29, 1.82) is 0 Å². The number of azide groups is 1. The van der Waals surface area contributed by atoms with Crippen molar-refractivity contribution < 1.29 is 14.5 Å². The average Bonchev–Trinajstić information content (AvgIpc) is 2.28. The van der Waals surface area contributed by atoms with E-state index in [1.54, 1.807) is 0 Å². The molecule has 82 valence electrons. The van der Waals surface area contributed by atoms with Crippen molar-refractivity contribution in [3.05, 3.63) is 44.3 Å². The minimum atomic E-state index is -0.860. The Morgan fingerprint density at radius 3 is 2.81 bits per heavy atom. The molecule has 1 aromatic carbocycles. The predicted molar refractivity (Wildman–Crippen MR) is 53.2 cm³/mol. The molecule has 1 aromatic rings. The summed E-state index contributed by atoms with van der Waals surface area (Å²) >= 11 is 0. The first-order valence-electron chi connectivity index (χ1n) is 4.02. The molecular formula is C8H6N4O4. The van der Waals surface area contributed by atoms with Gasteiger partial charge in [0.1, 0.15) is 5.56 Å². The van der Waals surface area contributed by atoms with Crippen LogP contribution in [0.4, 0.5) is 11.4 Å². The third-order valence-corrected chi connectivity index (χ3v) is 1.74. The van der Waals surface area contributed by atoms with E-state index in [4.69, 9.17) is 5.53 Å². The molecule has 0 bridgehead atoms. The molecule has 0 spiro atoms. The molecule has 8 heteroatoms. The summed E-state index contributed by atoms with van der Waals surface area (Å²) in [5.41, 5.74) is 7.65. The minimum absolute atomic E-state index is 0.105. The number of hydrogen-bond acceptors (Lipinski definition) is 5. The standard InChI is InChI=1S/C8H6N4O4/c1-16-8(13)6-4-5(10-11-9)2-3-7(6)12(14)15/h2-4H,1H3. The van der Waals surface area contributed by atoms with E-state index in [0.717, 1.165) is 19.2 Å². The Kier molecular flexibility index (Phi) is 3.41. The number of methoxy groups -OCH3 is 1. The first-order chi connectivity index (χ1) is 7.60. The van der Waals surface area contributed by atoms with Gasteiger partial charge in [-0.2, -0.15) is 0 Å². The second kappa shape index (κ2) is 4.76. The smallest absolute Gasteiger partial charge is 0.344 e. The summed E-state index contributed by atoms with van der Waals surface area (Å²) in [5, 5.41) is 13.8. The Morgan fingerprint density at radius 1 is 1.62 bits per heavy atom. The van der Waals surface area contributed by atoms with Crippen LogP contribution in [0.3, 0.4) is 0 Å². The second-order valence-electron chi connectivity index (χ2n) is 2.64. The zero-order chi connectivity index (χ0) is 12.1. The van der Waals surface area contributed by atoms with Gasteiger partial charge in [-0.25, -0.2) is 4.79 Å². The van der Waals surface area contributed by atoms with Crippen molar-refractivity contribution in [2.75, 3.05) is 7.11 Å². The number of carbonyl (C=O) groups excluding carboxylic acids is 1. The van der Waals surface area contributed by atoms with Crippen LogP contribution >= 0.6 is 0 Å². The normalized spacial score (nSPS) is 9.06. The molecule has 0 unspecified atom stereocenters. The number of rotatable bonds is 3. The molecule has 0 aliphatic rings. The number of carbonyl (C=O) groups is 1. The van der Waals surface area contributed by atoms with Crippen molar-refractivity contribution in [3.8, 4) is 0 Å². The summed E-state index contributed by atoms with van der Waals surface area (Å²) in [6, 6.07) is 3.42. The largest absolute Gasteiger partial charge is 0.465 e. The first-order valence-corrected chi connectivity index (χ1v) is 4.02. The molecule has 0 heterocycles. The van der Waals surface area contributed by atoms with Gasteiger partial charge >= 0.3 is 5.97 Å². The van der Waals surface area contributed by atoms with Crippen molar-refractivity contribution in [3.63, 3.8) is 0 Å². The Labute approximate surface area is 89.2 Å². The summed E-state index contributed by atoms with van der Waals surface area (Å²) in [6.07, 6.45) is 0. The van der Waals surface area contributed by atoms with Gasteiger partial charge in [-0.15, -0.1) is 0 Å². The van der Waals surface area contributed by atoms with Crippen molar-refractivity contribution in [2.24, 2.45) is 5.11 Å². The third kappa shape index (κ3) is 2.25. The lowest BCUT2D eigenvalue weighted by molar-refractivity contribution is -0.385. The SMILES string of the molecule is COC(=O)c1cc(N=[N+]=[N-])ccc1[N+](=O)[O-]. The monoisotopic (exact) mass is 222 g/mol. The van der Waals surface area contributed by atoms with E-state index >= 15 is 0 Å². The molecule has 0 saturated heterocycles. The van der Waals surface area contributed by atoms with Crippen LogP contribution in [0.1, 0.15) is 10.4 Å². The number of nitro benzene ring substituents is 1. The quantitative estimate of drug-likeness (QED) is 0.194. The Morgan fingerprint density at radius 2 is 2.31 bits per heavy atom. The molecule has 0 atom stereocenters. The average molecular weight is 222 g/mol. The lowest BCUT2D eigenvalue weighted by Crippen LogP contribution is -2.05. The summed E-state index contributed by atoms with van der Waals surface area (Å²) in [7, 11) is 1.10. The fourth-order valence-electron chi connectivity index (χ4n) is 1.07. The topological polar surface area (TPSA) is 118 Å².